The van der Waals surface area contributed by atoms with Crippen molar-refractivity contribution in [2.45, 2.75) is 6.92 Å². The zero-order valence-corrected chi connectivity index (χ0v) is 12.5. The van der Waals surface area contributed by atoms with E-state index in [1.165, 1.54) is 0 Å². The third-order valence-electron chi connectivity index (χ3n) is 3.32. The molecule has 0 aliphatic carbocycles. The van der Waals surface area contributed by atoms with Gasteiger partial charge in [-0.1, -0.05) is 36.4 Å². The van der Waals surface area contributed by atoms with E-state index < -0.39 is 0 Å². The highest BCUT2D eigenvalue weighted by molar-refractivity contribution is 5.47. The number of nitrogens with zero attached hydrogens (tertiary/aromatic N) is 1. The van der Waals surface area contributed by atoms with Gasteiger partial charge in [0.05, 0.1) is 5.69 Å². The first-order valence-electron chi connectivity index (χ1n) is 7.15. The number of aromatic amines is 2. The van der Waals surface area contributed by atoms with Crippen molar-refractivity contribution < 1.29 is 0 Å². The van der Waals surface area contributed by atoms with Crippen molar-refractivity contribution in [2.75, 3.05) is 0 Å². The Kier molecular flexibility index (Phi) is 4.01. The van der Waals surface area contributed by atoms with E-state index in [4.69, 9.17) is 0 Å². The van der Waals surface area contributed by atoms with Crippen LogP contribution in [0.15, 0.2) is 58.3 Å². The second-order valence-corrected chi connectivity index (χ2v) is 5.20. The monoisotopic (exact) mass is 305 g/mol. The van der Waals surface area contributed by atoms with Crippen LogP contribution in [0.2, 0.25) is 0 Å². The summed E-state index contributed by atoms with van der Waals surface area (Å²) in [5.41, 5.74) is 1.75. The van der Waals surface area contributed by atoms with Gasteiger partial charge in [0.15, 0.2) is 0 Å². The summed E-state index contributed by atoms with van der Waals surface area (Å²) < 4.78 is 0. The van der Waals surface area contributed by atoms with Crippen LogP contribution in [0.25, 0.3) is 12.2 Å². The van der Waals surface area contributed by atoms with E-state index in [9.17, 15) is 9.59 Å². The molecule has 1 aromatic carbocycles. The molecule has 0 spiro atoms. The molecule has 23 heavy (non-hydrogen) atoms. The molecular weight excluding hydrogens is 290 g/mol. The van der Waals surface area contributed by atoms with Gasteiger partial charge in [0.1, 0.15) is 10.7 Å². The van der Waals surface area contributed by atoms with Gasteiger partial charge < -0.3 is 9.97 Å². The first kappa shape index (κ1) is 14.7. The summed E-state index contributed by atoms with van der Waals surface area (Å²) in [6, 6.07) is 13.0. The average Bonchev–Trinajstić information content (AvgIpc) is 2.55. The van der Waals surface area contributed by atoms with Crippen LogP contribution in [0.3, 0.4) is 0 Å². The Labute approximate surface area is 131 Å². The fraction of sp³-hybridized carbons (Fsp3) is 0.0556. The molecule has 2 N–H and O–H groups in total. The lowest BCUT2D eigenvalue weighted by Crippen LogP contribution is -2.46. The summed E-state index contributed by atoms with van der Waals surface area (Å²) in [5.74, 6) is 0. The summed E-state index contributed by atoms with van der Waals surface area (Å²) >= 11 is 0. The topological polar surface area (TPSA) is 78.6 Å². The van der Waals surface area contributed by atoms with Crippen molar-refractivity contribution in [1.82, 2.24) is 15.0 Å². The maximum atomic E-state index is 12.1. The summed E-state index contributed by atoms with van der Waals surface area (Å²) in [5, 5.41) is 0.395. The molecule has 0 amide bonds. The van der Waals surface area contributed by atoms with Crippen LogP contribution in [0.5, 0.6) is 0 Å². The van der Waals surface area contributed by atoms with Gasteiger partial charge in [0.25, 0.3) is 11.1 Å². The van der Waals surface area contributed by atoms with Gasteiger partial charge in [-0.2, -0.15) is 0 Å². The maximum Gasteiger partial charge on any atom is 0.272 e. The van der Waals surface area contributed by atoms with Crippen molar-refractivity contribution in [3.8, 4) is 0 Å². The van der Waals surface area contributed by atoms with Gasteiger partial charge in [-0.25, -0.2) is 0 Å². The summed E-state index contributed by atoms with van der Waals surface area (Å²) in [6.07, 6.45) is 4.88. The van der Waals surface area contributed by atoms with Gasteiger partial charge >= 0.3 is 0 Å². The molecule has 0 aliphatic heterocycles. The molecule has 2 heterocycles. The Morgan fingerprint density at radius 3 is 2.13 bits per heavy atom. The van der Waals surface area contributed by atoms with Crippen LogP contribution in [0, 0.1) is 6.92 Å². The Hall–Kier alpha value is -3.21. The molecule has 0 fully saturated rings. The van der Waals surface area contributed by atoms with E-state index in [1.54, 1.807) is 24.4 Å². The average molecular weight is 305 g/mol. The minimum absolute atomic E-state index is 0.177. The number of aryl methyl sites for hydroxylation is 1. The SMILES string of the molecule is Cc1ccc(/C=c2/[nH]c(=O)/c(=C\c3ccccc3)[nH]c2=O)nc1. The van der Waals surface area contributed by atoms with Crippen LogP contribution in [0.1, 0.15) is 16.8 Å². The highest BCUT2D eigenvalue weighted by Gasteiger charge is 1.97. The number of aromatic nitrogens is 3. The van der Waals surface area contributed by atoms with Crippen molar-refractivity contribution >= 4 is 12.2 Å². The van der Waals surface area contributed by atoms with Gasteiger partial charge in [0, 0.05) is 6.20 Å². The highest BCUT2D eigenvalue weighted by atomic mass is 16.1. The Balaban J connectivity index is 2.12. The fourth-order valence-corrected chi connectivity index (χ4v) is 2.12. The number of H-pyrrole nitrogens is 2. The van der Waals surface area contributed by atoms with E-state index in [-0.39, 0.29) is 21.8 Å². The third-order valence-corrected chi connectivity index (χ3v) is 3.32. The summed E-state index contributed by atoms with van der Waals surface area (Å²) in [4.78, 5) is 33.7. The number of nitrogens with one attached hydrogen (secondary N) is 2. The molecule has 3 aromatic rings. The van der Waals surface area contributed by atoms with Crippen molar-refractivity contribution in [3.63, 3.8) is 0 Å². The Bertz CT molecular complexity index is 1050. The Morgan fingerprint density at radius 1 is 0.870 bits per heavy atom. The van der Waals surface area contributed by atoms with E-state index >= 15 is 0 Å². The molecule has 0 unspecified atom stereocenters. The van der Waals surface area contributed by atoms with Gasteiger partial charge in [-0.15, -0.1) is 0 Å². The molecule has 0 aliphatic rings. The van der Waals surface area contributed by atoms with Crippen LogP contribution in [-0.4, -0.2) is 15.0 Å². The number of rotatable bonds is 2. The number of benzene rings is 1. The molecule has 0 saturated heterocycles. The molecule has 3 rings (SSSR count). The first-order valence-corrected chi connectivity index (χ1v) is 7.15. The van der Waals surface area contributed by atoms with Gasteiger partial charge in [-0.3, -0.25) is 14.6 Å². The molecule has 2 aromatic heterocycles. The van der Waals surface area contributed by atoms with Crippen LogP contribution >= 0.6 is 0 Å². The zero-order valence-electron chi connectivity index (χ0n) is 12.5. The highest BCUT2D eigenvalue weighted by Crippen LogP contribution is 1.98. The minimum Gasteiger partial charge on any atom is -0.316 e. The second-order valence-electron chi connectivity index (χ2n) is 5.20. The largest absolute Gasteiger partial charge is 0.316 e. The predicted octanol–water partition coefficient (Wildman–Crippen LogP) is 0.424. The maximum absolute atomic E-state index is 12.1. The zero-order chi connectivity index (χ0) is 16.2. The van der Waals surface area contributed by atoms with Crippen molar-refractivity contribution in [2.24, 2.45) is 0 Å². The Morgan fingerprint density at radius 2 is 1.52 bits per heavy atom. The van der Waals surface area contributed by atoms with Crippen LogP contribution in [0.4, 0.5) is 0 Å². The smallest absolute Gasteiger partial charge is 0.272 e. The molecule has 114 valence electrons. The van der Waals surface area contributed by atoms with Crippen LogP contribution in [-0.2, 0) is 0 Å². The molecular formula is C18H15N3O2. The van der Waals surface area contributed by atoms with Crippen molar-refractivity contribution in [1.29, 1.82) is 0 Å². The fourth-order valence-electron chi connectivity index (χ4n) is 2.12. The molecule has 0 saturated carbocycles. The second kappa shape index (κ2) is 6.27. The molecule has 0 atom stereocenters. The first-order chi connectivity index (χ1) is 11.1. The normalized spacial score (nSPS) is 12.6. The van der Waals surface area contributed by atoms with Crippen molar-refractivity contribution in [3.05, 3.63) is 96.9 Å². The predicted molar refractivity (Wildman–Crippen MR) is 89.5 cm³/mol. The number of hydrogen-bond donors (Lipinski definition) is 2. The van der Waals surface area contributed by atoms with E-state index in [1.807, 2.05) is 43.3 Å². The third kappa shape index (κ3) is 3.52. The molecule has 0 radical (unpaired) electrons. The standard InChI is InChI=1S/C18H15N3O2/c1-12-7-8-14(19-11-12)10-16-18(23)20-15(17(22)21-16)9-13-5-3-2-4-6-13/h2-11H,1H3,(H,20,23)(H,21,22)/b15-9+,16-10+. The lowest BCUT2D eigenvalue weighted by molar-refractivity contribution is 1.00. The van der Waals surface area contributed by atoms with Gasteiger partial charge in [-0.05, 0) is 36.3 Å². The quantitative estimate of drug-likeness (QED) is 0.720. The van der Waals surface area contributed by atoms with E-state index in [0.717, 1.165) is 11.1 Å². The van der Waals surface area contributed by atoms with E-state index in [2.05, 4.69) is 15.0 Å². The minimum atomic E-state index is -0.367. The van der Waals surface area contributed by atoms with Crippen LogP contribution < -0.4 is 21.8 Å². The number of hydrogen-bond acceptors (Lipinski definition) is 3. The summed E-state index contributed by atoms with van der Waals surface area (Å²) in [7, 11) is 0. The molecule has 5 nitrogen and oxygen atoms in total. The lowest BCUT2D eigenvalue weighted by atomic mass is 10.2. The van der Waals surface area contributed by atoms with E-state index in [0.29, 0.717) is 5.69 Å². The lowest BCUT2D eigenvalue weighted by Gasteiger charge is -1.95. The molecule has 0 bridgehead atoms. The summed E-state index contributed by atoms with van der Waals surface area (Å²) in [6.45, 7) is 1.93. The number of pyridine rings is 1. The van der Waals surface area contributed by atoms with Gasteiger partial charge in [0.2, 0.25) is 0 Å². The molecule has 5 heteroatoms.